The Bertz CT molecular complexity index is 647. The molecule has 6 heteroatoms. The van der Waals surface area contributed by atoms with Gasteiger partial charge in [0.05, 0.1) is 0 Å². The topological polar surface area (TPSA) is 72.5 Å². The molecule has 3 rings (SSSR count). The minimum absolute atomic E-state index is 0.171. The van der Waals surface area contributed by atoms with Crippen LogP contribution in [0.2, 0.25) is 0 Å². The predicted molar refractivity (Wildman–Crippen MR) is 73.2 cm³/mol. The van der Waals surface area contributed by atoms with Gasteiger partial charge in [-0.25, -0.2) is 4.98 Å². The number of benzene rings is 1. The number of ether oxygens (including phenoxy) is 1. The molecule has 1 aliphatic heterocycles. The summed E-state index contributed by atoms with van der Waals surface area (Å²) in [4.78, 5) is 3.86. The average molecular weight is 272 g/mol. The summed E-state index contributed by atoms with van der Waals surface area (Å²) in [6, 6.07) is 5.78. The molecule has 1 aliphatic rings. The molecular formula is C14H16N4O2. The first kappa shape index (κ1) is 12.7. The Hall–Kier alpha value is -2.37. The lowest BCUT2D eigenvalue weighted by atomic mass is 9.93. The largest absolute Gasteiger partial charge is 0.488 e. The van der Waals surface area contributed by atoms with E-state index < -0.39 is 0 Å². The van der Waals surface area contributed by atoms with E-state index in [4.69, 9.17) is 4.74 Å². The molecule has 0 spiro atoms. The van der Waals surface area contributed by atoms with E-state index in [9.17, 15) is 5.21 Å². The van der Waals surface area contributed by atoms with Crippen molar-refractivity contribution in [2.75, 3.05) is 0 Å². The molecule has 0 saturated carbocycles. The maximum absolute atomic E-state index is 9.22. The van der Waals surface area contributed by atoms with Crippen LogP contribution in [0.4, 0.5) is 0 Å². The SMILES string of the molecule is CC1(C)CCc2ccc(/C(=N/O)n3cncn3)cc2O1. The average Bonchev–Trinajstić information content (AvgIpc) is 2.92. The van der Waals surface area contributed by atoms with Crippen LogP contribution in [0.15, 0.2) is 36.0 Å². The van der Waals surface area contributed by atoms with Crippen LogP contribution >= 0.6 is 0 Å². The van der Waals surface area contributed by atoms with E-state index in [2.05, 4.69) is 29.1 Å². The molecule has 6 nitrogen and oxygen atoms in total. The van der Waals surface area contributed by atoms with Gasteiger partial charge >= 0.3 is 0 Å². The van der Waals surface area contributed by atoms with Gasteiger partial charge in [0, 0.05) is 5.56 Å². The summed E-state index contributed by atoms with van der Waals surface area (Å²) >= 11 is 0. The number of hydrogen-bond acceptors (Lipinski definition) is 5. The van der Waals surface area contributed by atoms with Crippen LogP contribution in [0.5, 0.6) is 5.75 Å². The summed E-state index contributed by atoms with van der Waals surface area (Å²) in [6.07, 6.45) is 4.85. The molecule has 20 heavy (non-hydrogen) atoms. The van der Waals surface area contributed by atoms with Crippen molar-refractivity contribution in [3.05, 3.63) is 42.0 Å². The standard InChI is InChI=1S/C14H16N4O2/c1-14(2)6-5-10-3-4-11(7-12(10)20-14)13(17-19)18-9-15-8-16-18/h3-4,7-9,19H,5-6H2,1-2H3/b17-13-. The second kappa shape index (κ2) is 4.63. The van der Waals surface area contributed by atoms with Crippen molar-refractivity contribution in [2.24, 2.45) is 5.16 Å². The molecule has 1 N–H and O–H groups in total. The van der Waals surface area contributed by atoms with Gasteiger partial charge in [-0.1, -0.05) is 17.3 Å². The number of hydrogen-bond donors (Lipinski definition) is 1. The fourth-order valence-corrected chi connectivity index (χ4v) is 2.33. The molecule has 0 radical (unpaired) electrons. The Morgan fingerprint density at radius 1 is 1.45 bits per heavy atom. The molecule has 0 unspecified atom stereocenters. The van der Waals surface area contributed by atoms with Gasteiger partial charge in [0.2, 0.25) is 5.84 Å². The Labute approximate surface area is 116 Å². The van der Waals surface area contributed by atoms with Gasteiger partial charge in [-0.3, -0.25) is 0 Å². The smallest absolute Gasteiger partial charge is 0.201 e. The van der Waals surface area contributed by atoms with Gasteiger partial charge in [0.15, 0.2) is 0 Å². The molecule has 1 aromatic carbocycles. The van der Waals surface area contributed by atoms with Crippen molar-refractivity contribution < 1.29 is 9.94 Å². The Balaban J connectivity index is 2.00. The molecular weight excluding hydrogens is 256 g/mol. The zero-order chi connectivity index (χ0) is 14.2. The molecule has 0 saturated heterocycles. The van der Waals surface area contributed by atoms with Crippen molar-refractivity contribution in [3.63, 3.8) is 0 Å². The number of oxime groups is 1. The zero-order valence-electron chi connectivity index (χ0n) is 11.4. The van der Waals surface area contributed by atoms with Gasteiger partial charge in [-0.05, 0) is 38.3 Å². The van der Waals surface area contributed by atoms with E-state index in [1.165, 1.54) is 22.9 Å². The quantitative estimate of drug-likeness (QED) is 0.373. The highest BCUT2D eigenvalue weighted by Gasteiger charge is 2.27. The summed E-state index contributed by atoms with van der Waals surface area (Å²) in [7, 11) is 0. The molecule has 0 fully saturated rings. The van der Waals surface area contributed by atoms with E-state index in [1.54, 1.807) is 0 Å². The summed E-state index contributed by atoms with van der Waals surface area (Å²) < 4.78 is 7.40. The minimum Gasteiger partial charge on any atom is -0.488 e. The number of nitrogens with zero attached hydrogens (tertiary/aromatic N) is 4. The van der Waals surface area contributed by atoms with Gasteiger partial charge in [0.1, 0.15) is 24.0 Å². The second-order valence-corrected chi connectivity index (χ2v) is 5.45. The lowest BCUT2D eigenvalue weighted by molar-refractivity contribution is 0.0847. The summed E-state index contributed by atoms with van der Waals surface area (Å²) in [5.41, 5.74) is 1.73. The summed E-state index contributed by atoms with van der Waals surface area (Å²) in [6.45, 7) is 4.14. The van der Waals surface area contributed by atoms with Crippen molar-refractivity contribution in [1.29, 1.82) is 0 Å². The first-order chi connectivity index (χ1) is 9.59. The normalized spacial score (nSPS) is 17.4. The molecule has 2 aromatic rings. The van der Waals surface area contributed by atoms with Gasteiger partial charge in [0.25, 0.3) is 0 Å². The zero-order valence-corrected chi connectivity index (χ0v) is 11.4. The van der Waals surface area contributed by atoms with Crippen LogP contribution in [0.1, 0.15) is 31.4 Å². The van der Waals surface area contributed by atoms with Crippen LogP contribution in [-0.2, 0) is 6.42 Å². The first-order valence-corrected chi connectivity index (χ1v) is 6.48. The Morgan fingerprint density at radius 3 is 3.00 bits per heavy atom. The minimum atomic E-state index is -0.171. The van der Waals surface area contributed by atoms with Gasteiger partial charge in [-0.2, -0.15) is 9.78 Å². The fraction of sp³-hybridized carbons (Fsp3) is 0.357. The molecule has 0 aliphatic carbocycles. The van der Waals surface area contributed by atoms with E-state index >= 15 is 0 Å². The number of aryl methyl sites for hydroxylation is 1. The van der Waals surface area contributed by atoms with Crippen LogP contribution in [0.25, 0.3) is 0 Å². The van der Waals surface area contributed by atoms with E-state index in [1.807, 2.05) is 18.2 Å². The molecule has 0 amide bonds. The Kier molecular flexibility index (Phi) is 2.93. The Morgan fingerprint density at radius 2 is 2.30 bits per heavy atom. The first-order valence-electron chi connectivity index (χ1n) is 6.48. The molecule has 2 heterocycles. The number of aromatic nitrogens is 3. The lowest BCUT2D eigenvalue weighted by Gasteiger charge is -2.32. The van der Waals surface area contributed by atoms with Crippen LogP contribution < -0.4 is 4.74 Å². The third-order valence-electron chi connectivity index (χ3n) is 3.44. The fourth-order valence-electron chi connectivity index (χ4n) is 2.33. The molecule has 0 atom stereocenters. The third kappa shape index (κ3) is 2.24. The second-order valence-electron chi connectivity index (χ2n) is 5.45. The maximum atomic E-state index is 9.22. The lowest BCUT2D eigenvalue weighted by Crippen LogP contribution is -2.32. The van der Waals surface area contributed by atoms with E-state index in [0.29, 0.717) is 5.84 Å². The van der Waals surface area contributed by atoms with E-state index in [0.717, 1.165) is 24.2 Å². The maximum Gasteiger partial charge on any atom is 0.201 e. The van der Waals surface area contributed by atoms with Crippen molar-refractivity contribution >= 4 is 5.84 Å². The number of rotatable bonds is 1. The molecule has 1 aromatic heterocycles. The van der Waals surface area contributed by atoms with Crippen LogP contribution in [0, 0.1) is 0 Å². The highest BCUT2D eigenvalue weighted by atomic mass is 16.5. The van der Waals surface area contributed by atoms with Crippen LogP contribution in [0.3, 0.4) is 0 Å². The predicted octanol–water partition coefficient (Wildman–Crippen LogP) is 2.07. The van der Waals surface area contributed by atoms with Crippen molar-refractivity contribution in [2.45, 2.75) is 32.3 Å². The van der Waals surface area contributed by atoms with Crippen molar-refractivity contribution in [1.82, 2.24) is 14.8 Å². The summed E-state index contributed by atoms with van der Waals surface area (Å²) in [5, 5.41) is 16.5. The van der Waals surface area contributed by atoms with Crippen molar-refractivity contribution in [3.8, 4) is 5.75 Å². The van der Waals surface area contributed by atoms with E-state index in [-0.39, 0.29) is 5.60 Å². The molecule has 0 bridgehead atoms. The third-order valence-corrected chi connectivity index (χ3v) is 3.44. The summed E-state index contributed by atoms with van der Waals surface area (Å²) in [5.74, 6) is 1.15. The highest BCUT2D eigenvalue weighted by Crippen LogP contribution is 2.33. The molecule has 104 valence electrons. The van der Waals surface area contributed by atoms with Crippen LogP contribution in [-0.4, -0.2) is 31.4 Å². The van der Waals surface area contributed by atoms with Gasteiger partial charge in [-0.15, -0.1) is 0 Å². The monoisotopic (exact) mass is 272 g/mol. The highest BCUT2D eigenvalue weighted by molar-refractivity contribution is 5.99. The number of fused-ring (bicyclic) bond motifs is 1. The van der Waals surface area contributed by atoms with Gasteiger partial charge < -0.3 is 9.94 Å².